The zero-order valence-corrected chi connectivity index (χ0v) is 13.5. The number of amides is 1. The topological polar surface area (TPSA) is 71.2 Å². The van der Waals surface area contributed by atoms with Gasteiger partial charge in [0.2, 0.25) is 0 Å². The Hall–Kier alpha value is -2.21. The summed E-state index contributed by atoms with van der Waals surface area (Å²) in [6.07, 6.45) is 3.95. The van der Waals surface area contributed by atoms with Crippen LogP contribution in [0.4, 0.5) is 0 Å². The van der Waals surface area contributed by atoms with Crippen molar-refractivity contribution in [3.8, 4) is 5.69 Å². The summed E-state index contributed by atoms with van der Waals surface area (Å²) in [5.74, 6) is -0.158. The Balaban J connectivity index is 1.83. The molecule has 1 aromatic heterocycles. The van der Waals surface area contributed by atoms with E-state index >= 15 is 0 Å². The van der Waals surface area contributed by atoms with Crippen LogP contribution in [0.5, 0.6) is 0 Å². The van der Waals surface area contributed by atoms with Crippen molar-refractivity contribution in [3.63, 3.8) is 0 Å². The Bertz CT molecular complexity index is 695. The van der Waals surface area contributed by atoms with E-state index < -0.39 is 6.10 Å². The molecule has 6 nitrogen and oxygen atoms in total. The number of aryl methyl sites for hydroxylation is 1. The van der Waals surface area contributed by atoms with Crippen LogP contribution < -0.4 is 0 Å². The van der Waals surface area contributed by atoms with Crippen LogP contribution in [-0.2, 0) is 0 Å². The van der Waals surface area contributed by atoms with Crippen LogP contribution in [-0.4, -0.2) is 49.6 Å². The quantitative estimate of drug-likeness (QED) is 0.940. The third-order valence-electron chi connectivity index (χ3n) is 4.35. The van der Waals surface area contributed by atoms with Crippen molar-refractivity contribution in [2.24, 2.45) is 0 Å². The minimum atomic E-state index is -0.536. The molecule has 6 heteroatoms. The van der Waals surface area contributed by atoms with E-state index in [1.54, 1.807) is 22.7 Å². The molecular weight excluding hydrogens is 292 g/mol. The first-order valence-corrected chi connectivity index (χ1v) is 8.04. The molecule has 0 bridgehead atoms. The van der Waals surface area contributed by atoms with Gasteiger partial charge < -0.3 is 10.0 Å². The zero-order valence-electron chi connectivity index (χ0n) is 13.5. The first kappa shape index (κ1) is 15.7. The number of carbonyl (C=O) groups is 1. The normalized spacial score (nSPS) is 19.6. The maximum atomic E-state index is 12.7. The summed E-state index contributed by atoms with van der Waals surface area (Å²) in [7, 11) is 0. The Labute approximate surface area is 135 Å². The van der Waals surface area contributed by atoms with E-state index in [2.05, 4.69) is 10.3 Å². The number of aromatic nitrogens is 3. The SMILES string of the molecule is Cc1cccc(-n2cc(C(=O)N3CCCCC3C(C)O)nn2)c1. The molecule has 2 aromatic rings. The zero-order chi connectivity index (χ0) is 16.4. The van der Waals surface area contributed by atoms with Gasteiger partial charge in [-0.15, -0.1) is 5.10 Å². The van der Waals surface area contributed by atoms with Gasteiger partial charge in [-0.25, -0.2) is 4.68 Å². The fourth-order valence-electron chi connectivity index (χ4n) is 3.12. The molecule has 23 heavy (non-hydrogen) atoms. The van der Waals surface area contributed by atoms with Gasteiger partial charge >= 0.3 is 0 Å². The molecule has 1 amide bonds. The lowest BCUT2D eigenvalue weighted by Crippen LogP contribution is -2.49. The summed E-state index contributed by atoms with van der Waals surface area (Å²) in [6.45, 7) is 4.40. The molecule has 1 aromatic carbocycles. The summed E-state index contributed by atoms with van der Waals surface area (Å²) in [6, 6.07) is 7.73. The van der Waals surface area contributed by atoms with Crippen molar-refractivity contribution in [2.75, 3.05) is 6.54 Å². The number of hydrogen-bond donors (Lipinski definition) is 1. The van der Waals surface area contributed by atoms with Gasteiger partial charge in [0.05, 0.1) is 24.0 Å². The molecule has 0 aliphatic carbocycles. The average Bonchev–Trinajstić information content (AvgIpc) is 3.04. The van der Waals surface area contributed by atoms with Gasteiger partial charge in [0.25, 0.3) is 5.91 Å². The molecule has 0 saturated carbocycles. The number of aliphatic hydroxyl groups excluding tert-OH is 1. The molecule has 0 radical (unpaired) electrons. The van der Waals surface area contributed by atoms with Crippen LogP contribution in [0.25, 0.3) is 5.69 Å². The molecule has 2 heterocycles. The molecule has 2 unspecified atom stereocenters. The van der Waals surface area contributed by atoms with E-state index in [9.17, 15) is 9.90 Å². The van der Waals surface area contributed by atoms with Crippen molar-refractivity contribution < 1.29 is 9.90 Å². The van der Waals surface area contributed by atoms with Crippen LogP contribution in [0, 0.1) is 6.92 Å². The molecule has 2 atom stereocenters. The summed E-state index contributed by atoms with van der Waals surface area (Å²) < 4.78 is 1.61. The molecule has 3 rings (SSSR count). The highest BCUT2D eigenvalue weighted by molar-refractivity contribution is 5.92. The van der Waals surface area contributed by atoms with Gasteiger partial charge in [-0.05, 0) is 50.8 Å². The van der Waals surface area contributed by atoms with E-state index in [1.807, 2.05) is 31.2 Å². The van der Waals surface area contributed by atoms with Gasteiger partial charge in [-0.2, -0.15) is 0 Å². The van der Waals surface area contributed by atoms with Crippen molar-refractivity contribution in [3.05, 3.63) is 41.7 Å². The third-order valence-corrected chi connectivity index (χ3v) is 4.35. The number of likely N-dealkylation sites (tertiary alicyclic amines) is 1. The first-order valence-electron chi connectivity index (χ1n) is 8.04. The van der Waals surface area contributed by atoms with Crippen molar-refractivity contribution in [2.45, 2.75) is 45.3 Å². The van der Waals surface area contributed by atoms with Gasteiger partial charge in [0.1, 0.15) is 0 Å². The van der Waals surface area contributed by atoms with E-state index in [4.69, 9.17) is 0 Å². The van der Waals surface area contributed by atoms with Crippen molar-refractivity contribution in [1.29, 1.82) is 0 Å². The van der Waals surface area contributed by atoms with Crippen LogP contribution >= 0.6 is 0 Å². The summed E-state index contributed by atoms with van der Waals surface area (Å²) >= 11 is 0. The Morgan fingerprint density at radius 2 is 2.22 bits per heavy atom. The van der Waals surface area contributed by atoms with Crippen LogP contribution in [0.3, 0.4) is 0 Å². The Morgan fingerprint density at radius 3 is 2.96 bits per heavy atom. The molecule has 1 N–H and O–H groups in total. The van der Waals surface area contributed by atoms with Crippen LogP contribution in [0.2, 0.25) is 0 Å². The second kappa shape index (κ2) is 6.50. The number of rotatable bonds is 3. The van der Waals surface area contributed by atoms with E-state index in [0.29, 0.717) is 12.2 Å². The molecule has 1 fully saturated rings. The van der Waals surface area contributed by atoms with Crippen LogP contribution in [0.15, 0.2) is 30.5 Å². The monoisotopic (exact) mass is 314 g/mol. The van der Waals surface area contributed by atoms with Gasteiger partial charge in [0, 0.05) is 6.54 Å². The van der Waals surface area contributed by atoms with Crippen molar-refractivity contribution >= 4 is 5.91 Å². The highest BCUT2D eigenvalue weighted by Crippen LogP contribution is 2.22. The number of benzene rings is 1. The molecule has 0 spiro atoms. The van der Waals surface area contributed by atoms with Gasteiger partial charge in [-0.1, -0.05) is 17.3 Å². The van der Waals surface area contributed by atoms with E-state index in [1.165, 1.54) is 0 Å². The van der Waals surface area contributed by atoms with E-state index in [-0.39, 0.29) is 11.9 Å². The molecule has 1 aliphatic heterocycles. The number of aliphatic hydroxyl groups is 1. The Kier molecular flexibility index (Phi) is 4.43. The lowest BCUT2D eigenvalue weighted by atomic mass is 9.98. The van der Waals surface area contributed by atoms with Crippen molar-refractivity contribution in [1.82, 2.24) is 19.9 Å². The summed E-state index contributed by atoms with van der Waals surface area (Å²) in [4.78, 5) is 14.5. The summed E-state index contributed by atoms with van der Waals surface area (Å²) in [5.41, 5.74) is 2.32. The number of piperidine rings is 1. The molecule has 1 aliphatic rings. The average molecular weight is 314 g/mol. The second-order valence-corrected chi connectivity index (χ2v) is 6.19. The van der Waals surface area contributed by atoms with E-state index in [0.717, 1.165) is 30.5 Å². The maximum Gasteiger partial charge on any atom is 0.276 e. The molecule has 122 valence electrons. The first-order chi connectivity index (χ1) is 11.1. The third kappa shape index (κ3) is 3.27. The molecule has 1 saturated heterocycles. The van der Waals surface area contributed by atoms with Crippen LogP contribution in [0.1, 0.15) is 42.2 Å². The Morgan fingerprint density at radius 1 is 1.39 bits per heavy atom. The van der Waals surface area contributed by atoms with Gasteiger partial charge in [-0.3, -0.25) is 4.79 Å². The van der Waals surface area contributed by atoms with Gasteiger partial charge in [0.15, 0.2) is 5.69 Å². The lowest BCUT2D eigenvalue weighted by molar-refractivity contribution is 0.0276. The number of carbonyl (C=O) groups excluding carboxylic acids is 1. The highest BCUT2D eigenvalue weighted by Gasteiger charge is 2.31. The summed E-state index contributed by atoms with van der Waals surface area (Å²) in [5, 5.41) is 18.0. The fourth-order valence-corrected chi connectivity index (χ4v) is 3.12. The second-order valence-electron chi connectivity index (χ2n) is 6.19. The minimum Gasteiger partial charge on any atom is -0.391 e. The number of hydrogen-bond acceptors (Lipinski definition) is 4. The minimum absolute atomic E-state index is 0.139. The number of nitrogens with zero attached hydrogens (tertiary/aromatic N) is 4. The highest BCUT2D eigenvalue weighted by atomic mass is 16.3. The predicted octanol–water partition coefficient (Wildman–Crippen LogP) is 1.95. The predicted molar refractivity (Wildman–Crippen MR) is 86.5 cm³/mol. The largest absolute Gasteiger partial charge is 0.391 e. The standard InChI is InChI=1S/C17H22N4O2/c1-12-6-5-7-14(10-12)21-11-15(18-19-21)17(23)20-9-4-3-8-16(20)13(2)22/h5-7,10-11,13,16,22H,3-4,8-9H2,1-2H3. The molecular formula is C17H22N4O2. The smallest absolute Gasteiger partial charge is 0.276 e. The lowest BCUT2D eigenvalue weighted by Gasteiger charge is -2.36. The fraction of sp³-hybridized carbons (Fsp3) is 0.471. The maximum absolute atomic E-state index is 12.7.